The number of nitrogens with one attached hydrogen (secondary N) is 1. The molecule has 5 nitrogen and oxygen atoms in total. The Labute approximate surface area is 108 Å². The van der Waals surface area contributed by atoms with E-state index in [4.69, 9.17) is 10.5 Å². The van der Waals surface area contributed by atoms with Crippen LogP contribution in [0.5, 0.6) is 5.88 Å². The van der Waals surface area contributed by atoms with Crippen LogP contribution in [0.25, 0.3) is 0 Å². The van der Waals surface area contributed by atoms with E-state index in [2.05, 4.69) is 29.1 Å². The summed E-state index contributed by atoms with van der Waals surface area (Å²) in [7, 11) is 1.58. The molecule has 2 rings (SSSR count). The van der Waals surface area contributed by atoms with E-state index < -0.39 is 0 Å². The minimum atomic E-state index is 0.245. The molecule has 1 aromatic heterocycles. The molecule has 0 radical (unpaired) electrons. The molecule has 100 valence electrons. The number of methoxy groups -OCH3 is 1. The van der Waals surface area contributed by atoms with Gasteiger partial charge in [-0.05, 0) is 24.7 Å². The van der Waals surface area contributed by atoms with Crippen LogP contribution in [0.1, 0.15) is 33.1 Å². The number of hydrogen-bond acceptors (Lipinski definition) is 5. The normalized spacial score (nSPS) is 27.2. The zero-order valence-corrected chi connectivity index (χ0v) is 11.3. The summed E-state index contributed by atoms with van der Waals surface area (Å²) < 4.78 is 5.10. The maximum atomic E-state index is 5.66. The molecular weight excluding hydrogens is 228 g/mol. The molecule has 1 aromatic rings. The molecule has 1 heterocycles. The molecule has 0 aliphatic heterocycles. The van der Waals surface area contributed by atoms with Gasteiger partial charge in [0.15, 0.2) is 0 Å². The molecule has 3 atom stereocenters. The lowest BCUT2D eigenvalue weighted by atomic mass is 9.93. The van der Waals surface area contributed by atoms with E-state index in [9.17, 15) is 0 Å². The minimum Gasteiger partial charge on any atom is -0.481 e. The monoisotopic (exact) mass is 250 g/mol. The summed E-state index contributed by atoms with van der Waals surface area (Å²) in [6, 6.07) is 2.26. The van der Waals surface area contributed by atoms with E-state index in [1.807, 2.05) is 0 Å². The second-order valence-electron chi connectivity index (χ2n) is 5.01. The van der Waals surface area contributed by atoms with E-state index in [1.165, 1.54) is 19.3 Å². The van der Waals surface area contributed by atoms with Gasteiger partial charge >= 0.3 is 0 Å². The van der Waals surface area contributed by atoms with Gasteiger partial charge in [0.2, 0.25) is 11.8 Å². The maximum Gasteiger partial charge on any atom is 0.225 e. The molecule has 3 unspecified atom stereocenters. The highest BCUT2D eigenvalue weighted by molar-refractivity contribution is 5.43. The number of rotatable bonds is 4. The Hall–Kier alpha value is -1.52. The summed E-state index contributed by atoms with van der Waals surface area (Å²) in [6.45, 7) is 4.57. The van der Waals surface area contributed by atoms with Crippen molar-refractivity contribution in [1.82, 2.24) is 9.97 Å². The summed E-state index contributed by atoms with van der Waals surface area (Å²) in [6.07, 6.45) is 3.72. The number of ether oxygens (including phenoxy) is 1. The fourth-order valence-corrected chi connectivity index (χ4v) is 2.84. The average Bonchev–Trinajstić information content (AvgIpc) is 2.70. The first-order valence-electron chi connectivity index (χ1n) is 6.59. The number of aromatic nitrogens is 2. The highest BCUT2D eigenvalue weighted by Gasteiger charge is 2.31. The molecule has 0 bridgehead atoms. The first-order valence-corrected chi connectivity index (χ1v) is 6.59. The van der Waals surface area contributed by atoms with Gasteiger partial charge in [0.25, 0.3) is 0 Å². The molecule has 0 amide bonds. The number of nitrogens with two attached hydrogens (primary N) is 1. The molecule has 1 aliphatic carbocycles. The third-order valence-corrected chi connectivity index (χ3v) is 4.01. The van der Waals surface area contributed by atoms with Gasteiger partial charge < -0.3 is 15.8 Å². The van der Waals surface area contributed by atoms with E-state index in [0.717, 1.165) is 11.7 Å². The molecule has 3 N–H and O–H groups in total. The Morgan fingerprint density at radius 1 is 1.44 bits per heavy atom. The Morgan fingerprint density at radius 2 is 2.22 bits per heavy atom. The van der Waals surface area contributed by atoms with E-state index in [0.29, 0.717) is 17.8 Å². The van der Waals surface area contributed by atoms with Crippen molar-refractivity contribution in [3.05, 3.63) is 6.07 Å². The fraction of sp³-hybridized carbons (Fsp3) is 0.692. The molecule has 0 spiro atoms. The van der Waals surface area contributed by atoms with E-state index in [1.54, 1.807) is 13.2 Å². The van der Waals surface area contributed by atoms with Crippen LogP contribution in [0.15, 0.2) is 6.07 Å². The van der Waals surface area contributed by atoms with Crippen LogP contribution in [-0.2, 0) is 0 Å². The lowest BCUT2D eigenvalue weighted by molar-refractivity contribution is 0.390. The molecule has 0 saturated heterocycles. The molecular formula is C13H22N4O. The van der Waals surface area contributed by atoms with Crippen LogP contribution >= 0.6 is 0 Å². The van der Waals surface area contributed by atoms with Gasteiger partial charge in [-0.15, -0.1) is 0 Å². The second-order valence-corrected chi connectivity index (χ2v) is 5.01. The van der Waals surface area contributed by atoms with Crippen molar-refractivity contribution in [2.45, 2.75) is 39.2 Å². The Kier molecular flexibility index (Phi) is 3.89. The zero-order chi connectivity index (χ0) is 13.1. The molecule has 18 heavy (non-hydrogen) atoms. The van der Waals surface area contributed by atoms with Crippen molar-refractivity contribution in [2.75, 3.05) is 18.2 Å². The van der Waals surface area contributed by atoms with Crippen molar-refractivity contribution in [3.8, 4) is 5.88 Å². The van der Waals surface area contributed by atoms with Crippen LogP contribution in [0.2, 0.25) is 0 Å². The van der Waals surface area contributed by atoms with Crippen LogP contribution in [0, 0.1) is 11.8 Å². The third-order valence-electron chi connectivity index (χ3n) is 4.01. The van der Waals surface area contributed by atoms with Gasteiger partial charge in [-0.1, -0.05) is 20.3 Å². The van der Waals surface area contributed by atoms with Crippen molar-refractivity contribution in [2.24, 2.45) is 11.8 Å². The highest BCUT2D eigenvalue weighted by atomic mass is 16.5. The summed E-state index contributed by atoms with van der Waals surface area (Å²) in [5.74, 6) is 2.98. The van der Waals surface area contributed by atoms with Gasteiger partial charge in [0.05, 0.1) is 7.11 Å². The number of hydrogen-bond donors (Lipinski definition) is 2. The smallest absolute Gasteiger partial charge is 0.225 e. The summed E-state index contributed by atoms with van der Waals surface area (Å²) >= 11 is 0. The predicted molar refractivity (Wildman–Crippen MR) is 72.6 cm³/mol. The first kappa shape index (κ1) is 12.9. The maximum absolute atomic E-state index is 5.66. The minimum absolute atomic E-state index is 0.245. The van der Waals surface area contributed by atoms with Gasteiger partial charge in [-0.3, -0.25) is 0 Å². The van der Waals surface area contributed by atoms with Crippen LogP contribution in [0.4, 0.5) is 11.8 Å². The Bertz CT molecular complexity index is 410. The second kappa shape index (κ2) is 5.42. The van der Waals surface area contributed by atoms with Gasteiger partial charge in [0.1, 0.15) is 5.82 Å². The molecule has 5 heteroatoms. The molecule has 1 aliphatic rings. The fourth-order valence-electron chi connectivity index (χ4n) is 2.84. The molecule has 0 aromatic carbocycles. The van der Waals surface area contributed by atoms with Crippen LogP contribution in [0.3, 0.4) is 0 Å². The third kappa shape index (κ3) is 2.66. The average molecular weight is 250 g/mol. The number of anilines is 2. The molecule has 1 saturated carbocycles. The Balaban J connectivity index is 2.08. The summed E-state index contributed by atoms with van der Waals surface area (Å²) in [4.78, 5) is 8.19. The van der Waals surface area contributed by atoms with Crippen LogP contribution < -0.4 is 15.8 Å². The van der Waals surface area contributed by atoms with Gasteiger partial charge in [-0.25, -0.2) is 0 Å². The van der Waals surface area contributed by atoms with E-state index >= 15 is 0 Å². The lowest BCUT2D eigenvalue weighted by Gasteiger charge is -2.21. The topological polar surface area (TPSA) is 73.1 Å². The summed E-state index contributed by atoms with van der Waals surface area (Å²) in [5, 5.41) is 3.46. The predicted octanol–water partition coefficient (Wildman–Crippen LogP) is 2.30. The van der Waals surface area contributed by atoms with Crippen molar-refractivity contribution in [1.29, 1.82) is 0 Å². The standard InChI is InChI=1S/C13H22N4O/c1-4-9-5-6-10(8(9)2)15-11-7-12(18-3)17-13(14)16-11/h7-10H,4-6H2,1-3H3,(H3,14,15,16,17). The lowest BCUT2D eigenvalue weighted by Crippen LogP contribution is -2.25. The highest BCUT2D eigenvalue weighted by Crippen LogP contribution is 2.35. The van der Waals surface area contributed by atoms with Crippen LogP contribution in [-0.4, -0.2) is 23.1 Å². The first-order chi connectivity index (χ1) is 8.63. The number of nitrogen functional groups attached to an aromatic ring is 1. The van der Waals surface area contributed by atoms with Crippen molar-refractivity contribution >= 4 is 11.8 Å². The van der Waals surface area contributed by atoms with Gasteiger partial charge in [0, 0.05) is 12.1 Å². The quantitative estimate of drug-likeness (QED) is 0.857. The molecule has 1 fully saturated rings. The van der Waals surface area contributed by atoms with Gasteiger partial charge in [-0.2, -0.15) is 9.97 Å². The largest absolute Gasteiger partial charge is 0.481 e. The van der Waals surface area contributed by atoms with Crippen molar-refractivity contribution < 1.29 is 4.74 Å². The SMILES string of the molecule is CCC1CCC(Nc2cc(OC)nc(N)n2)C1C. The zero-order valence-electron chi connectivity index (χ0n) is 11.3. The number of nitrogens with zero attached hydrogens (tertiary/aromatic N) is 2. The summed E-state index contributed by atoms with van der Waals surface area (Å²) in [5.41, 5.74) is 5.66. The Morgan fingerprint density at radius 3 is 2.83 bits per heavy atom. The van der Waals surface area contributed by atoms with E-state index in [-0.39, 0.29) is 5.95 Å². The van der Waals surface area contributed by atoms with Crippen molar-refractivity contribution in [3.63, 3.8) is 0 Å².